The molecule has 0 unspecified atom stereocenters. The van der Waals surface area contributed by atoms with Crippen LogP contribution >= 0.6 is 0 Å². The van der Waals surface area contributed by atoms with Crippen molar-refractivity contribution in [3.63, 3.8) is 0 Å². The van der Waals surface area contributed by atoms with Crippen molar-refractivity contribution in [1.29, 1.82) is 0 Å². The molecule has 2 rings (SSSR count). The summed E-state index contributed by atoms with van der Waals surface area (Å²) in [5.74, 6) is -0.725. The van der Waals surface area contributed by atoms with Gasteiger partial charge in [-0.25, -0.2) is 4.79 Å². The summed E-state index contributed by atoms with van der Waals surface area (Å²) < 4.78 is 21.7. The molecule has 0 aromatic carbocycles. The predicted octanol–water partition coefficient (Wildman–Crippen LogP) is 2.17. The number of hydrogen-bond donors (Lipinski definition) is 0. The van der Waals surface area contributed by atoms with Crippen LogP contribution in [0.5, 0.6) is 0 Å². The summed E-state index contributed by atoms with van der Waals surface area (Å²) in [4.78, 5) is 11.3. The Balaban J connectivity index is 2.16. The minimum Gasteiger partial charge on any atom is -0.427 e. The highest BCUT2D eigenvalue weighted by molar-refractivity contribution is 5.62. The van der Waals surface area contributed by atoms with E-state index >= 15 is 0 Å². The van der Waals surface area contributed by atoms with E-state index in [-0.39, 0.29) is 12.2 Å². The molecule has 0 aliphatic carbocycles. The van der Waals surface area contributed by atoms with Crippen LogP contribution in [0, 0.1) is 0 Å². The molecule has 2 fully saturated rings. The maximum Gasteiger partial charge on any atom is 0.509 e. The molecule has 2 aliphatic heterocycles. The van der Waals surface area contributed by atoms with Crippen molar-refractivity contribution in [3.8, 4) is 0 Å². The third-order valence-corrected chi connectivity index (χ3v) is 2.97. The van der Waals surface area contributed by atoms with E-state index in [0.717, 1.165) is 0 Å². The molecular formula is C13H18O5. The first-order valence-corrected chi connectivity index (χ1v) is 5.93. The minimum atomic E-state index is -0.725. The van der Waals surface area contributed by atoms with Crippen LogP contribution in [0.25, 0.3) is 0 Å². The monoisotopic (exact) mass is 254 g/mol. The van der Waals surface area contributed by atoms with Crippen LogP contribution in [0.4, 0.5) is 4.79 Å². The molecule has 0 radical (unpaired) electrons. The maximum absolute atomic E-state index is 11.3. The number of cyclic esters (lactones) is 2. The molecule has 2 saturated heterocycles. The van der Waals surface area contributed by atoms with E-state index in [2.05, 4.69) is 13.2 Å². The fourth-order valence-corrected chi connectivity index (χ4v) is 2.28. The van der Waals surface area contributed by atoms with Crippen molar-refractivity contribution in [3.05, 3.63) is 25.3 Å². The lowest BCUT2D eigenvalue weighted by Gasteiger charge is -2.22. The van der Waals surface area contributed by atoms with E-state index in [9.17, 15) is 4.79 Å². The summed E-state index contributed by atoms with van der Waals surface area (Å²) in [5.41, 5.74) is 0. The Morgan fingerprint density at radius 2 is 1.94 bits per heavy atom. The van der Waals surface area contributed by atoms with Gasteiger partial charge in [-0.15, -0.1) is 13.2 Å². The summed E-state index contributed by atoms with van der Waals surface area (Å²) in [6, 6.07) is 0. The van der Waals surface area contributed by atoms with Crippen LogP contribution in [0.2, 0.25) is 0 Å². The molecule has 0 N–H and O–H groups in total. The average Bonchev–Trinajstić information content (AvgIpc) is 2.79. The molecule has 0 aromatic rings. The van der Waals surface area contributed by atoms with Crippen molar-refractivity contribution in [2.24, 2.45) is 0 Å². The Hall–Kier alpha value is -1.33. The summed E-state index contributed by atoms with van der Waals surface area (Å²) >= 11 is 0. The van der Waals surface area contributed by atoms with Gasteiger partial charge in [-0.05, 0) is 13.8 Å². The quantitative estimate of drug-likeness (QED) is 0.568. The normalized spacial score (nSPS) is 38.0. The molecule has 100 valence electrons. The molecule has 0 aromatic heterocycles. The van der Waals surface area contributed by atoms with Crippen molar-refractivity contribution < 1.29 is 23.7 Å². The zero-order valence-electron chi connectivity index (χ0n) is 10.6. The molecule has 2 aliphatic rings. The van der Waals surface area contributed by atoms with Gasteiger partial charge in [-0.1, -0.05) is 12.2 Å². The fourth-order valence-electron chi connectivity index (χ4n) is 2.28. The van der Waals surface area contributed by atoms with Gasteiger partial charge in [-0.3, -0.25) is 0 Å². The van der Waals surface area contributed by atoms with E-state index < -0.39 is 24.2 Å². The molecule has 0 bridgehead atoms. The topological polar surface area (TPSA) is 54.0 Å². The second kappa shape index (κ2) is 4.74. The van der Waals surface area contributed by atoms with Crippen LogP contribution in [0.3, 0.4) is 0 Å². The van der Waals surface area contributed by atoms with Gasteiger partial charge in [0.1, 0.15) is 18.3 Å². The Morgan fingerprint density at radius 3 is 2.56 bits per heavy atom. The third-order valence-electron chi connectivity index (χ3n) is 2.97. The molecule has 0 spiro atoms. The highest BCUT2D eigenvalue weighted by Crippen LogP contribution is 2.35. The molecule has 0 saturated carbocycles. The van der Waals surface area contributed by atoms with Crippen LogP contribution in [-0.2, 0) is 18.9 Å². The largest absolute Gasteiger partial charge is 0.509 e. The number of carbonyl (C=O) groups is 1. The molecule has 0 amide bonds. The van der Waals surface area contributed by atoms with Crippen molar-refractivity contribution in [2.45, 2.75) is 50.5 Å². The minimum absolute atomic E-state index is 0.327. The lowest BCUT2D eigenvalue weighted by Crippen LogP contribution is -2.41. The first-order chi connectivity index (χ1) is 8.46. The van der Waals surface area contributed by atoms with Gasteiger partial charge in [0, 0.05) is 6.42 Å². The van der Waals surface area contributed by atoms with Gasteiger partial charge in [0.15, 0.2) is 11.9 Å². The van der Waals surface area contributed by atoms with Crippen LogP contribution in [-0.4, -0.2) is 36.4 Å². The zero-order chi connectivity index (χ0) is 13.3. The van der Waals surface area contributed by atoms with Crippen LogP contribution in [0.15, 0.2) is 25.3 Å². The summed E-state index contributed by atoms with van der Waals surface area (Å²) in [5, 5.41) is 0. The summed E-state index contributed by atoms with van der Waals surface area (Å²) in [6.07, 6.45) is 1.55. The number of ether oxygens (including phenoxy) is 4. The Bertz CT molecular complexity index is 362. The molecule has 4 atom stereocenters. The average molecular weight is 254 g/mol. The molecule has 18 heavy (non-hydrogen) atoms. The number of hydrogen-bond acceptors (Lipinski definition) is 5. The summed E-state index contributed by atoms with van der Waals surface area (Å²) in [7, 11) is 0. The van der Waals surface area contributed by atoms with Gasteiger partial charge in [-0.2, -0.15) is 0 Å². The molecular weight excluding hydrogens is 236 g/mol. The molecule has 2 heterocycles. The Labute approximate surface area is 106 Å². The number of carbonyl (C=O) groups excluding carboxylic acids is 1. The van der Waals surface area contributed by atoms with E-state index in [1.54, 1.807) is 12.2 Å². The van der Waals surface area contributed by atoms with E-state index in [0.29, 0.717) is 6.42 Å². The maximum atomic E-state index is 11.3. The predicted molar refractivity (Wildman–Crippen MR) is 64.0 cm³/mol. The molecule has 5 heteroatoms. The third kappa shape index (κ3) is 2.42. The van der Waals surface area contributed by atoms with E-state index in [1.165, 1.54) is 0 Å². The van der Waals surface area contributed by atoms with Gasteiger partial charge in [0.25, 0.3) is 0 Å². The highest BCUT2D eigenvalue weighted by Gasteiger charge is 2.51. The van der Waals surface area contributed by atoms with E-state index in [4.69, 9.17) is 18.9 Å². The van der Waals surface area contributed by atoms with Gasteiger partial charge >= 0.3 is 6.16 Å². The highest BCUT2D eigenvalue weighted by atomic mass is 16.8. The second-order valence-corrected chi connectivity index (χ2v) is 4.81. The molecule has 5 nitrogen and oxygen atoms in total. The van der Waals surface area contributed by atoms with Gasteiger partial charge in [0.05, 0.1) is 0 Å². The van der Waals surface area contributed by atoms with Gasteiger partial charge in [0.2, 0.25) is 0 Å². The Morgan fingerprint density at radius 1 is 1.22 bits per heavy atom. The van der Waals surface area contributed by atoms with Gasteiger partial charge < -0.3 is 18.9 Å². The van der Waals surface area contributed by atoms with Crippen molar-refractivity contribution in [1.82, 2.24) is 0 Å². The SMILES string of the molecule is C=CC[C@@H]1OC(=O)O[C@@H]1[C@H]1OC(C)(C)O[C@H]1C=C. The lowest BCUT2D eigenvalue weighted by molar-refractivity contribution is -0.153. The van der Waals surface area contributed by atoms with Crippen molar-refractivity contribution >= 4 is 6.16 Å². The number of rotatable bonds is 4. The first-order valence-electron chi connectivity index (χ1n) is 5.93. The first kappa shape index (κ1) is 13.1. The van der Waals surface area contributed by atoms with Crippen LogP contribution < -0.4 is 0 Å². The smallest absolute Gasteiger partial charge is 0.427 e. The second-order valence-electron chi connectivity index (χ2n) is 4.81. The lowest BCUT2D eigenvalue weighted by atomic mass is 10.0. The van der Waals surface area contributed by atoms with E-state index in [1.807, 2.05) is 13.8 Å². The standard InChI is InChI=1S/C13H18O5/c1-5-7-9-10(16-12(14)15-9)11-8(6-2)17-13(3,4)18-11/h5-6,8-11H,1-2,7H2,3-4H3/t8-,9-,10-,11-/m0/s1. The zero-order valence-corrected chi connectivity index (χ0v) is 10.6. The fraction of sp³-hybridized carbons (Fsp3) is 0.615. The Kier molecular flexibility index (Phi) is 3.45. The summed E-state index contributed by atoms with van der Waals surface area (Å²) in [6.45, 7) is 11.0. The van der Waals surface area contributed by atoms with Crippen LogP contribution in [0.1, 0.15) is 20.3 Å². The van der Waals surface area contributed by atoms with Crippen molar-refractivity contribution in [2.75, 3.05) is 0 Å².